The molecule has 0 fully saturated rings. The standard InChI is InChI=1S/C10H17N3OS/c1-8(2)14-5-3-4-11-9-6-10(15)13-7-12-9/h6-8H,3-5H2,1-2H3,(H2,11,12,13,15). The van der Waals surface area contributed by atoms with E-state index in [-0.39, 0.29) is 0 Å². The molecule has 1 heterocycles. The first kappa shape index (κ1) is 12.1. The van der Waals surface area contributed by atoms with Gasteiger partial charge in [-0.3, -0.25) is 0 Å². The van der Waals surface area contributed by atoms with Crippen LogP contribution in [-0.2, 0) is 4.74 Å². The van der Waals surface area contributed by atoms with Crippen molar-refractivity contribution in [1.29, 1.82) is 0 Å². The Hall–Kier alpha value is -0.940. The fraction of sp³-hybridized carbons (Fsp3) is 0.600. The summed E-state index contributed by atoms with van der Waals surface area (Å²) in [5, 5.41) is 3.22. The SMILES string of the molecule is CC(C)OCCCNc1cc(=S)nc[nH]1. The molecule has 0 spiro atoms. The van der Waals surface area contributed by atoms with Gasteiger partial charge in [0, 0.05) is 19.2 Å². The van der Waals surface area contributed by atoms with Crippen LogP contribution in [0.15, 0.2) is 12.4 Å². The summed E-state index contributed by atoms with van der Waals surface area (Å²) in [4.78, 5) is 6.88. The van der Waals surface area contributed by atoms with Gasteiger partial charge in [-0.05, 0) is 20.3 Å². The molecule has 0 bridgehead atoms. The monoisotopic (exact) mass is 227 g/mol. The lowest BCUT2D eigenvalue weighted by atomic mass is 10.4. The van der Waals surface area contributed by atoms with Crippen molar-refractivity contribution in [2.24, 2.45) is 0 Å². The van der Waals surface area contributed by atoms with Crippen LogP contribution in [0.3, 0.4) is 0 Å². The van der Waals surface area contributed by atoms with Crippen LogP contribution in [0.5, 0.6) is 0 Å². The van der Waals surface area contributed by atoms with Crippen LogP contribution in [0.4, 0.5) is 5.82 Å². The molecule has 0 amide bonds. The third kappa shape index (κ3) is 5.49. The molecular formula is C10H17N3OS. The minimum absolute atomic E-state index is 0.303. The van der Waals surface area contributed by atoms with Gasteiger partial charge in [0.2, 0.25) is 0 Å². The molecule has 0 radical (unpaired) electrons. The van der Waals surface area contributed by atoms with Crippen LogP contribution in [0, 0.1) is 4.64 Å². The van der Waals surface area contributed by atoms with Gasteiger partial charge in [0.15, 0.2) is 0 Å². The van der Waals surface area contributed by atoms with E-state index in [4.69, 9.17) is 17.0 Å². The van der Waals surface area contributed by atoms with E-state index < -0.39 is 0 Å². The quantitative estimate of drug-likeness (QED) is 0.578. The first-order valence-electron chi connectivity index (χ1n) is 5.08. The Kier molecular flexibility index (Phi) is 5.28. The second kappa shape index (κ2) is 6.53. The zero-order valence-electron chi connectivity index (χ0n) is 9.12. The van der Waals surface area contributed by atoms with Crippen molar-refractivity contribution in [3.05, 3.63) is 17.0 Å². The summed E-state index contributed by atoms with van der Waals surface area (Å²) in [6, 6.07) is 1.80. The van der Waals surface area contributed by atoms with Gasteiger partial charge in [0.25, 0.3) is 0 Å². The predicted octanol–water partition coefficient (Wildman–Crippen LogP) is 2.37. The maximum absolute atomic E-state index is 5.42. The maximum atomic E-state index is 5.42. The fourth-order valence-electron chi connectivity index (χ4n) is 1.08. The third-order valence-corrected chi connectivity index (χ3v) is 1.99. The average molecular weight is 227 g/mol. The van der Waals surface area contributed by atoms with Crippen molar-refractivity contribution in [2.45, 2.75) is 26.4 Å². The average Bonchev–Trinajstić information content (AvgIpc) is 2.17. The van der Waals surface area contributed by atoms with Crippen molar-refractivity contribution in [3.8, 4) is 0 Å². The largest absolute Gasteiger partial charge is 0.379 e. The first-order chi connectivity index (χ1) is 7.18. The van der Waals surface area contributed by atoms with Gasteiger partial charge >= 0.3 is 0 Å². The molecule has 0 saturated carbocycles. The van der Waals surface area contributed by atoms with Crippen LogP contribution in [0.25, 0.3) is 0 Å². The van der Waals surface area contributed by atoms with Gasteiger partial charge in [-0.2, -0.15) is 0 Å². The van der Waals surface area contributed by atoms with Gasteiger partial charge < -0.3 is 15.0 Å². The van der Waals surface area contributed by atoms with Gasteiger partial charge in [-0.1, -0.05) is 12.2 Å². The summed E-state index contributed by atoms with van der Waals surface area (Å²) in [7, 11) is 0. The second-order valence-electron chi connectivity index (χ2n) is 3.50. The normalized spacial score (nSPS) is 10.6. The Balaban J connectivity index is 2.18. The summed E-state index contributed by atoms with van der Waals surface area (Å²) < 4.78 is 6.01. The highest BCUT2D eigenvalue weighted by Gasteiger charge is 1.94. The molecule has 0 aromatic carbocycles. The minimum atomic E-state index is 0.303. The van der Waals surface area contributed by atoms with E-state index in [2.05, 4.69) is 15.3 Å². The lowest BCUT2D eigenvalue weighted by Gasteiger charge is -2.08. The highest BCUT2D eigenvalue weighted by atomic mass is 32.1. The summed E-state index contributed by atoms with van der Waals surface area (Å²) in [6.45, 7) is 5.71. The highest BCUT2D eigenvalue weighted by Crippen LogP contribution is 2.00. The molecule has 84 valence electrons. The van der Waals surface area contributed by atoms with Crippen LogP contribution in [0.1, 0.15) is 20.3 Å². The molecule has 0 saturated heterocycles. The zero-order valence-corrected chi connectivity index (χ0v) is 9.93. The molecular weight excluding hydrogens is 210 g/mol. The summed E-state index contributed by atoms with van der Waals surface area (Å²) in [5.41, 5.74) is 0. The Morgan fingerprint density at radius 3 is 3.07 bits per heavy atom. The molecule has 15 heavy (non-hydrogen) atoms. The van der Waals surface area contributed by atoms with Crippen LogP contribution < -0.4 is 5.32 Å². The van der Waals surface area contributed by atoms with E-state index in [9.17, 15) is 0 Å². The number of ether oxygens (including phenoxy) is 1. The zero-order chi connectivity index (χ0) is 11.1. The van der Waals surface area contributed by atoms with E-state index in [0.717, 1.165) is 25.4 Å². The van der Waals surface area contributed by atoms with Crippen molar-refractivity contribution < 1.29 is 4.74 Å². The Bertz CT molecular complexity index is 337. The lowest BCUT2D eigenvalue weighted by molar-refractivity contribution is 0.0787. The van der Waals surface area contributed by atoms with E-state index >= 15 is 0 Å². The molecule has 1 aromatic heterocycles. The molecule has 1 aromatic rings. The van der Waals surface area contributed by atoms with Crippen LogP contribution in [-0.4, -0.2) is 29.2 Å². The molecule has 0 atom stereocenters. The van der Waals surface area contributed by atoms with Crippen LogP contribution in [0.2, 0.25) is 0 Å². The van der Waals surface area contributed by atoms with Crippen molar-refractivity contribution in [1.82, 2.24) is 9.97 Å². The lowest BCUT2D eigenvalue weighted by Crippen LogP contribution is -2.09. The number of hydrogen-bond acceptors (Lipinski definition) is 4. The summed E-state index contributed by atoms with van der Waals surface area (Å²) >= 11 is 4.94. The number of nitrogens with zero attached hydrogens (tertiary/aromatic N) is 1. The molecule has 0 aliphatic heterocycles. The number of aromatic amines is 1. The first-order valence-corrected chi connectivity index (χ1v) is 5.49. The minimum Gasteiger partial charge on any atom is -0.379 e. The molecule has 5 heteroatoms. The van der Waals surface area contributed by atoms with Gasteiger partial charge in [-0.15, -0.1) is 0 Å². The van der Waals surface area contributed by atoms with Gasteiger partial charge in [-0.25, -0.2) is 4.98 Å². The van der Waals surface area contributed by atoms with E-state index in [0.29, 0.717) is 10.7 Å². The van der Waals surface area contributed by atoms with E-state index in [1.807, 2.05) is 13.8 Å². The molecule has 1 rings (SSSR count). The molecule has 4 nitrogen and oxygen atoms in total. The highest BCUT2D eigenvalue weighted by molar-refractivity contribution is 7.71. The van der Waals surface area contributed by atoms with Crippen molar-refractivity contribution >= 4 is 18.0 Å². The Morgan fingerprint density at radius 1 is 1.60 bits per heavy atom. The predicted molar refractivity (Wildman–Crippen MR) is 63.6 cm³/mol. The molecule has 0 unspecified atom stereocenters. The topological polar surface area (TPSA) is 49.9 Å². The van der Waals surface area contributed by atoms with Gasteiger partial charge in [0.05, 0.1) is 12.4 Å². The Morgan fingerprint density at radius 2 is 2.40 bits per heavy atom. The van der Waals surface area contributed by atoms with Crippen molar-refractivity contribution in [3.63, 3.8) is 0 Å². The molecule has 0 aliphatic rings. The third-order valence-electron chi connectivity index (χ3n) is 1.77. The smallest absolute Gasteiger partial charge is 0.131 e. The maximum Gasteiger partial charge on any atom is 0.131 e. The number of H-pyrrole nitrogens is 1. The fourth-order valence-corrected chi connectivity index (χ4v) is 1.25. The molecule has 2 N–H and O–H groups in total. The number of hydrogen-bond donors (Lipinski definition) is 2. The number of nitrogens with one attached hydrogen (secondary N) is 2. The van der Waals surface area contributed by atoms with Gasteiger partial charge in [0.1, 0.15) is 10.5 Å². The Labute approximate surface area is 95.1 Å². The summed E-state index contributed by atoms with van der Waals surface area (Å²) in [6.07, 6.45) is 2.87. The van der Waals surface area contributed by atoms with E-state index in [1.54, 1.807) is 12.4 Å². The number of aromatic nitrogens is 2. The number of anilines is 1. The second-order valence-corrected chi connectivity index (χ2v) is 3.92. The summed E-state index contributed by atoms with van der Waals surface area (Å²) in [5.74, 6) is 0.902. The van der Waals surface area contributed by atoms with E-state index in [1.165, 1.54) is 0 Å². The number of rotatable bonds is 6. The van der Waals surface area contributed by atoms with Crippen molar-refractivity contribution in [2.75, 3.05) is 18.5 Å². The molecule has 0 aliphatic carbocycles. The van der Waals surface area contributed by atoms with Crippen LogP contribution >= 0.6 is 12.2 Å².